The molecule has 0 saturated heterocycles. The van der Waals surface area contributed by atoms with Crippen LogP contribution in [-0.2, 0) is 5.79 Å². The lowest BCUT2D eigenvalue weighted by Gasteiger charge is -2.19. The van der Waals surface area contributed by atoms with E-state index in [4.69, 9.17) is 31.1 Å². The Bertz CT molecular complexity index is 414. The van der Waals surface area contributed by atoms with Crippen LogP contribution in [0.3, 0.4) is 0 Å². The quantitative estimate of drug-likeness (QED) is 0.390. The van der Waals surface area contributed by atoms with E-state index >= 15 is 0 Å². The van der Waals surface area contributed by atoms with E-state index < -0.39 is 5.79 Å². The van der Waals surface area contributed by atoms with Gasteiger partial charge in [-0.05, 0) is 0 Å². The first-order valence-corrected chi connectivity index (χ1v) is 5.01. The molecule has 0 fully saturated rings. The maximum Gasteiger partial charge on any atom is 0.283 e. The third kappa shape index (κ3) is 15.0. The standard InChI is InChI=1S/C9H12O2.3CHNO/c1-2-9(10,11)8-6-4-3-5-7-8;3*2-1-3/h3-7,10-11H,2H2,1H3;3*3H. The van der Waals surface area contributed by atoms with Gasteiger partial charge >= 0.3 is 0 Å². The summed E-state index contributed by atoms with van der Waals surface area (Å²) in [6.07, 6.45) is 2.55. The Morgan fingerprint density at radius 2 is 1.20 bits per heavy atom. The van der Waals surface area contributed by atoms with Crippen molar-refractivity contribution >= 4 is 0 Å². The number of hydrogen-bond acceptors (Lipinski definition) is 8. The molecule has 1 aromatic carbocycles. The van der Waals surface area contributed by atoms with E-state index in [-0.39, 0.29) is 0 Å². The van der Waals surface area contributed by atoms with Crippen molar-refractivity contribution in [1.82, 2.24) is 0 Å². The second kappa shape index (κ2) is 16.0. The van der Waals surface area contributed by atoms with Crippen LogP contribution in [0.2, 0.25) is 0 Å². The van der Waals surface area contributed by atoms with Crippen LogP contribution in [0.5, 0.6) is 0 Å². The highest BCUT2D eigenvalue weighted by atomic mass is 16.5. The van der Waals surface area contributed by atoms with Gasteiger partial charge in [0.1, 0.15) is 0 Å². The minimum Gasteiger partial charge on any atom is -0.443 e. The summed E-state index contributed by atoms with van der Waals surface area (Å²) in [7, 11) is 0. The Hall–Kier alpha value is -2.99. The zero-order valence-corrected chi connectivity index (χ0v) is 10.7. The molecule has 0 aromatic heterocycles. The van der Waals surface area contributed by atoms with Crippen molar-refractivity contribution in [3.63, 3.8) is 0 Å². The molecular weight excluding hydrogens is 266 g/mol. The Labute approximate surface area is 116 Å². The molecule has 1 rings (SSSR count). The molecule has 0 heterocycles. The molecule has 5 N–H and O–H groups in total. The van der Waals surface area contributed by atoms with E-state index in [2.05, 4.69) is 0 Å². The molecule has 1 aromatic rings. The number of benzene rings is 1. The van der Waals surface area contributed by atoms with Gasteiger partial charge in [-0.1, -0.05) is 37.3 Å². The van der Waals surface area contributed by atoms with Gasteiger partial charge in [-0.25, -0.2) is 0 Å². The molecule has 0 aliphatic carbocycles. The normalized spacial score (nSPS) is 7.40. The van der Waals surface area contributed by atoms with Crippen molar-refractivity contribution in [2.45, 2.75) is 19.1 Å². The summed E-state index contributed by atoms with van der Waals surface area (Å²) < 4.78 is 0. The summed E-state index contributed by atoms with van der Waals surface area (Å²) in [6.45, 7) is 1.73. The third-order valence-electron chi connectivity index (χ3n) is 1.73. The first-order valence-electron chi connectivity index (χ1n) is 5.01. The van der Waals surface area contributed by atoms with Crippen molar-refractivity contribution in [2.75, 3.05) is 0 Å². The van der Waals surface area contributed by atoms with Crippen molar-refractivity contribution in [3.8, 4) is 18.8 Å². The van der Waals surface area contributed by atoms with Crippen LogP contribution in [0, 0.1) is 34.6 Å². The molecule has 20 heavy (non-hydrogen) atoms. The fraction of sp³-hybridized carbons (Fsp3) is 0.250. The Morgan fingerprint density at radius 3 is 1.45 bits per heavy atom. The molecule has 0 aliphatic rings. The van der Waals surface area contributed by atoms with Gasteiger partial charge in [-0.15, -0.1) is 0 Å². The Morgan fingerprint density at radius 1 is 0.900 bits per heavy atom. The van der Waals surface area contributed by atoms with E-state index in [0.717, 1.165) is 18.8 Å². The largest absolute Gasteiger partial charge is 0.443 e. The molecule has 0 radical (unpaired) electrons. The third-order valence-corrected chi connectivity index (χ3v) is 1.73. The molecule has 0 bridgehead atoms. The van der Waals surface area contributed by atoms with Crippen LogP contribution < -0.4 is 0 Å². The van der Waals surface area contributed by atoms with E-state index in [1.54, 1.807) is 31.2 Å². The predicted molar refractivity (Wildman–Crippen MR) is 65.5 cm³/mol. The molecule has 8 heteroatoms. The summed E-state index contributed by atoms with van der Waals surface area (Å²) in [4.78, 5) is 0. The molecular formula is C12H15N3O5. The lowest BCUT2D eigenvalue weighted by molar-refractivity contribution is -0.171. The highest BCUT2D eigenvalue weighted by Crippen LogP contribution is 2.20. The summed E-state index contributed by atoms with van der Waals surface area (Å²) >= 11 is 0. The molecule has 108 valence electrons. The first kappa shape index (κ1) is 22.2. The van der Waals surface area contributed by atoms with Gasteiger partial charge in [0.2, 0.25) is 0 Å². The predicted octanol–water partition coefficient (Wildman–Crippen LogP) is 0.754. The second-order valence-electron chi connectivity index (χ2n) is 2.84. The molecule has 0 saturated carbocycles. The van der Waals surface area contributed by atoms with Gasteiger partial charge in [-0.3, -0.25) is 0 Å². The molecule has 0 atom stereocenters. The van der Waals surface area contributed by atoms with Crippen molar-refractivity contribution in [1.29, 1.82) is 15.8 Å². The zero-order valence-electron chi connectivity index (χ0n) is 10.7. The van der Waals surface area contributed by atoms with Crippen molar-refractivity contribution in [2.24, 2.45) is 0 Å². The van der Waals surface area contributed by atoms with Crippen LogP contribution in [0.25, 0.3) is 0 Å². The van der Waals surface area contributed by atoms with Gasteiger partial charge < -0.3 is 25.5 Å². The van der Waals surface area contributed by atoms with Crippen LogP contribution in [-0.4, -0.2) is 25.5 Å². The maximum atomic E-state index is 9.35. The van der Waals surface area contributed by atoms with E-state index in [9.17, 15) is 10.2 Å². The highest BCUT2D eigenvalue weighted by molar-refractivity contribution is 5.19. The van der Waals surface area contributed by atoms with E-state index in [0.29, 0.717) is 12.0 Å². The van der Waals surface area contributed by atoms with Crippen LogP contribution >= 0.6 is 0 Å². The summed E-state index contributed by atoms with van der Waals surface area (Å²) in [5.74, 6) is -1.67. The van der Waals surface area contributed by atoms with Gasteiger partial charge in [0, 0.05) is 12.0 Å². The lowest BCUT2D eigenvalue weighted by Crippen LogP contribution is -2.23. The van der Waals surface area contributed by atoms with Crippen LogP contribution in [0.15, 0.2) is 30.3 Å². The summed E-state index contributed by atoms with van der Waals surface area (Å²) in [6, 6.07) is 8.81. The number of rotatable bonds is 2. The van der Waals surface area contributed by atoms with Crippen molar-refractivity contribution < 1.29 is 25.5 Å². The number of nitrogens with zero attached hydrogens (tertiary/aromatic N) is 3. The zero-order chi connectivity index (χ0) is 16.4. The minimum atomic E-state index is -1.67. The smallest absolute Gasteiger partial charge is 0.283 e. The molecule has 8 nitrogen and oxygen atoms in total. The number of nitriles is 3. The Balaban J connectivity index is -0.000000268. The van der Waals surface area contributed by atoms with Crippen molar-refractivity contribution in [3.05, 3.63) is 35.9 Å². The minimum absolute atomic E-state index is 0.303. The monoisotopic (exact) mass is 281 g/mol. The average molecular weight is 281 g/mol. The molecule has 0 unspecified atom stereocenters. The molecule has 0 aliphatic heterocycles. The second-order valence-corrected chi connectivity index (χ2v) is 2.84. The van der Waals surface area contributed by atoms with Gasteiger partial charge in [0.25, 0.3) is 18.8 Å². The van der Waals surface area contributed by atoms with Crippen LogP contribution in [0.4, 0.5) is 0 Å². The topological polar surface area (TPSA) is 173 Å². The summed E-state index contributed by atoms with van der Waals surface area (Å²) in [5, 5.41) is 60.0. The van der Waals surface area contributed by atoms with Gasteiger partial charge in [0.05, 0.1) is 0 Å². The maximum absolute atomic E-state index is 9.35. The lowest BCUT2D eigenvalue weighted by atomic mass is 10.0. The summed E-state index contributed by atoms with van der Waals surface area (Å²) in [5.41, 5.74) is 0.544. The van der Waals surface area contributed by atoms with Gasteiger partial charge in [-0.2, -0.15) is 15.8 Å². The van der Waals surface area contributed by atoms with Gasteiger partial charge in [0.15, 0.2) is 5.79 Å². The molecule has 0 amide bonds. The fourth-order valence-corrected chi connectivity index (χ4v) is 0.909. The Kier molecular flexibility index (Phi) is 17.8. The first-order chi connectivity index (χ1) is 9.41. The number of aliphatic hydroxyl groups is 5. The fourth-order valence-electron chi connectivity index (χ4n) is 0.909. The SMILES string of the molecule is CCC(O)(O)c1ccccc1.N#CO.N#CO.N#CO. The number of hydrogen-bond donors (Lipinski definition) is 5. The van der Waals surface area contributed by atoms with E-state index in [1.807, 2.05) is 6.07 Å². The highest BCUT2D eigenvalue weighted by Gasteiger charge is 2.21. The molecule has 0 spiro atoms. The average Bonchev–Trinajstić information content (AvgIpc) is 2.42. The number of aliphatic hydroxyl groups excluding tert-OH is 3. The van der Waals surface area contributed by atoms with Crippen LogP contribution in [0.1, 0.15) is 18.9 Å². The van der Waals surface area contributed by atoms with E-state index in [1.165, 1.54) is 0 Å².